The second kappa shape index (κ2) is 9.19. The predicted molar refractivity (Wildman–Crippen MR) is 106 cm³/mol. The first kappa shape index (κ1) is 21.2. The van der Waals surface area contributed by atoms with E-state index in [0.717, 1.165) is 29.1 Å². The Morgan fingerprint density at radius 2 is 1.85 bits per heavy atom. The lowest BCUT2D eigenvalue weighted by Gasteiger charge is -2.28. The summed E-state index contributed by atoms with van der Waals surface area (Å²) in [6, 6.07) is 9.86. The van der Waals surface area contributed by atoms with Crippen LogP contribution >= 0.6 is 22.9 Å². The summed E-state index contributed by atoms with van der Waals surface area (Å²) in [6.45, 7) is 3.83. The highest BCUT2D eigenvalue weighted by Gasteiger charge is 2.29. The van der Waals surface area contributed by atoms with Gasteiger partial charge in [-0.2, -0.15) is 0 Å². The van der Waals surface area contributed by atoms with Crippen LogP contribution in [0.15, 0.2) is 40.6 Å². The highest BCUT2D eigenvalue weighted by Crippen LogP contribution is 2.31. The highest BCUT2D eigenvalue weighted by molar-refractivity contribution is 7.91. The van der Waals surface area contributed by atoms with Crippen molar-refractivity contribution < 1.29 is 18.3 Å². The van der Waals surface area contributed by atoms with Gasteiger partial charge >= 0.3 is 0 Å². The summed E-state index contributed by atoms with van der Waals surface area (Å²) in [5, 5.41) is 9.91. The van der Waals surface area contributed by atoms with Crippen LogP contribution < -0.4 is 9.46 Å². The van der Waals surface area contributed by atoms with Crippen molar-refractivity contribution in [3.63, 3.8) is 0 Å². The van der Waals surface area contributed by atoms with Gasteiger partial charge in [0.25, 0.3) is 0 Å². The molecule has 0 radical (unpaired) electrons. The van der Waals surface area contributed by atoms with E-state index >= 15 is 0 Å². The van der Waals surface area contributed by atoms with Crippen molar-refractivity contribution in [1.29, 1.82) is 0 Å². The molecule has 2 N–H and O–H groups in total. The van der Waals surface area contributed by atoms with Crippen LogP contribution in [0, 0.1) is 5.92 Å². The van der Waals surface area contributed by atoms with Gasteiger partial charge in [-0.25, -0.2) is 13.1 Å². The molecule has 1 aromatic heterocycles. The standard InChI is InChI=1S/C18H24ClNO4S2/c1-12(2)10-15(13-4-6-14(24-3)7-5-13)16(11-21)20-26(22,23)18-9-8-17(19)25-18/h4-9,12,15-16,20-21H,10-11H2,1-3H3/t15-,16-/m0/s1. The minimum Gasteiger partial charge on any atom is -0.497 e. The second-order valence-electron chi connectivity index (χ2n) is 6.48. The minimum absolute atomic E-state index is 0.138. The summed E-state index contributed by atoms with van der Waals surface area (Å²) < 4.78 is 33.7. The molecule has 0 fully saturated rings. The van der Waals surface area contributed by atoms with Crippen molar-refractivity contribution in [1.82, 2.24) is 4.72 Å². The number of ether oxygens (including phenoxy) is 1. The van der Waals surface area contributed by atoms with Crippen LogP contribution in [0.5, 0.6) is 5.75 Å². The van der Waals surface area contributed by atoms with E-state index in [2.05, 4.69) is 18.6 Å². The lowest BCUT2D eigenvalue weighted by molar-refractivity contribution is 0.229. The normalized spacial score (nSPS) is 14.4. The molecule has 5 nitrogen and oxygen atoms in total. The van der Waals surface area contributed by atoms with Gasteiger partial charge in [0.15, 0.2) is 0 Å². The zero-order valence-electron chi connectivity index (χ0n) is 15.0. The van der Waals surface area contributed by atoms with Gasteiger partial charge in [-0.1, -0.05) is 37.6 Å². The molecule has 2 atom stereocenters. The first-order chi connectivity index (χ1) is 12.3. The lowest BCUT2D eigenvalue weighted by atomic mass is 9.85. The zero-order chi connectivity index (χ0) is 19.3. The molecule has 1 heterocycles. The largest absolute Gasteiger partial charge is 0.497 e. The van der Waals surface area contributed by atoms with Gasteiger partial charge in [0, 0.05) is 5.92 Å². The van der Waals surface area contributed by atoms with Gasteiger partial charge in [0.2, 0.25) is 10.0 Å². The molecule has 0 unspecified atom stereocenters. The average Bonchev–Trinajstić information content (AvgIpc) is 3.05. The summed E-state index contributed by atoms with van der Waals surface area (Å²) in [7, 11) is -2.16. The molecule has 144 valence electrons. The van der Waals surface area contributed by atoms with Crippen molar-refractivity contribution >= 4 is 33.0 Å². The molecule has 1 aromatic carbocycles. The molecular formula is C18H24ClNO4S2. The zero-order valence-corrected chi connectivity index (χ0v) is 17.4. The van der Waals surface area contributed by atoms with E-state index in [-0.39, 0.29) is 16.7 Å². The first-order valence-electron chi connectivity index (χ1n) is 8.29. The van der Waals surface area contributed by atoms with Crippen molar-refractivity contribution in [3.05, 3.63) is 46.3 Å². The number of aliphatic hydroxyl groups excluding tert-OH is 1. The van der Waals surface area contributed by atoms with Gasteiger partial charge in [0.1, 0.15) is 9.96 Å². The fraction of sp³-hybridized carbons (Fsp3) is 0.444. The van der Waals surface area contributed by atoms with Crippen LogP contribution in [0.2, 0.25) is 4.34 Å². The highest BCUT2D eigenvalue weighted by atomic mass is 35.5. The number of aliphatic hydroxyl groups is 1. The molecule has 0 aliphatic rings. The fourth-order valence-electron chi connectivity index (χ4n) is 2.84. The SMILES string of the molecule is COc1ccc([C@H](CC(C)C)[C@H](CO)NS(=O)(=O)c2ccc(Cl)s2)cc1. The van der Waals surface area contributed by atoms with Gasteiger partial charge in [-0.15, -0.1) is 11.3 Å². The third-order valence-electron chi connectivity index (χ3n) is 4.07. The Kier molecular flexibility index (Phi) is 7.49. The number of methoxy groups -OCH3 is 1. The fourth-order valence-corrected chi connectivity index (χ4v) is 5.60. The van der Waals surface area contributed by atoms with Gasteiger partial charge in [-0.05, 0) is 42.2 Å². The summed E-state index contributed by atoms with van der Waals surface area (Å²) in [5.74, 6) is 0.888. The molecule has 0 spiro atoms. The molecule has 0 saturated carbocycles. The van der Waals surface area contributed by atoms with E-state index in [1.54, 1.807) is 13.2 Å². The van der Waals surface area contributed by atoms with Crippen LogP contribution in [0.3, 0.4) is 0 Å². The maximum Gasteiger partial charge on any atom is 0.250 e. The van der Waals surface area contributed by atoms with Gasteiger partial charge in [0.05, 0.1) is 24.1 Å². The number of benzene rings is 1. The van der Waals surface area contributed by atoms with Crippen LogP contribution in [0.25, 0.3) is 0 Å². The third-order valence-corrected chi connectivity index (χ3v) is 7.28. The second-order valence-corrected chi connectivity index (χ2v) is 10.1. The third kappa shape index (κ3) is 5.44. The first-order valence-corrected chi connectivity index (χ1v) is 11.0. The summed E-state index contributed by atoms with van der Waals surface area (Å²) in [4.78, 5) is 0. The van der Waals surface area contributed by atoms with Crippen LogP contribution in [0.4, 0.5) is 0 Å². The van der Waals surface area contributed by atoms with Crippen LogP contribution in [-0.4, -0.2) is 33.3 Å². The molecule has 0 bridgehead atoms. The van der Waals surface area contributed by atoms with Crippen molar-refractivity contribution in [2.45, 2.75) is 36.4 Å². The van der Waals surface area contributed by atoms with Gasteiger partial charge < -0.3 is 9.84 Å². The molecular weight excluding hydrogens is 394 g/mol. The average molecular weight is 418 g/mol. The number of hydrogen-bond acceptors (Lipinski definition) is 5. The lowest BCUT2D eigenvalue weighted by Crippen LogP contribution is -2.42. The van der Waals surface area contributed by atoms with Gasteiger partial charge in [-0.3, -0.25) is 0 Å². The number of halogens is 1. The van der Waals surface area contributed by atoms with Crippen molar-refractivity contribution in [2.24, 2.45) is 5.92 Å². The monoisotopic (exact) mass is 417 g/mol. The molecule has 2 rings (SSSR count). The molecule has 8 heteroatoms. The van der Waals surface area contributed by atoms with E-state index < -0.39 is 16.1 Å². The molecule has 26 heavy (non-hydrogen) atoms. The number of hydrogen-bond donors (Lipinski definition) is 2. The summed E-state index contributed by atoms with van der Waals surface area (Å²) in [6.07, 6.45) is 0.727. The molecule has 0 aliphatic carbocycles. The van der Waals surface area contributed by atoms with E-state index in [9.17, 15) is 13.5 Å². The predicted octanol–water partition coefficient (Wildman–Crippen LogP) is 3.88. The maximum absolute atomic E-state index is 12.6. The Morgan fingerprint density at radius 1 is 1.19 bits per heavy atom. The van der Waals surface area contributed by atoms with E-state index in [1.807, 2.05) is 24.3 Å². The quantitative estimate of drug-likeness (QED) is 0.649. The number of rotatable bonds is 9. The Balaban J connectivity index is 2.31. The van der Waals surface area contributed by atoms with Crippen molar-refractivity contribution in [2.75, 3.05) is 13.7 Å². The number of nitrogens with one attached hydrogen (secondary N) is 1. The van der Waals surface area contributed by atoms with Crippen LogP contribution in [0.1, 0.15) is 31.7 Å². The molecule has 2 aromatic rings. The Morgan fingerprint density at radius 3 is 2.31 bits per heavy atom. The maximum atomic E-state index is 12.6. The smallest absolute Gasteiger partial charge is 0.250 e. The van der Waals surface area contributed by atoms with E-state index in [0.29, 0.717) is 10.3 Å². The molecule has 0 aliphatic heterocycles. The Hall–Kier alpha value is -1.12. The molecule has 0 saturated heterocycles. The van der Waals surface area contributed by atoms with Crippen LogP contribution in [-0.2, 0) is 10.0 Å². The Labute approximate surface area is 164 Å². The topological polar surface area (TPSA) is 75.6 Å². The number of sulfonamides is 1. The summed E-state index contributed by atoms with van der Waals surface area (Å²) in [5.41, 5.74) is 0.950. The summed E-state index contributed by atoms with van der Waals surface area (Å²) >= 11 is 6.85. The van der Waals surface area contributed by atoms with E-state index in [4.69, 9.17) is 16.3 Å². The minimum atomic E-state index is -3.75. The number of thiophene rings is 1. The Bertz CT molecular complexity index is 803. The van der Waals surface area contributed by atoms with E-state index in [1.165, 1.54) is 6.07 Å². The molecule has 0 amide bonds. The van der Waals surface area contributed by atoms with Crippen molar-refractivity contribution in [3.8, 4) is 5.75 Å².